The smallest absolute Gasteiger partial charge is 0.0275 e. The Morgan fingerprint density at radius 3 is 1.50 bits per heavy atom. The highest BCUT2D eigenvalue weighted by atomic mass is 14.2. The van der Waals surface area contributed by atoms with E-state index < -0.39 is 0 Å². The number of allylic oxidation sites excluding steroid dienone is 6. The summed E-state index contributed by atoms with van der Waals surface area (Å²) in [4.78, 5) is 0. The summed E-state index contributed by atoms with van der Waals surface area (Å²) in [5.41, 5.74) is 11.4. The molecule has 1 aliphatic rings. The first-order valence-corrected chi connectivity index (χ1v) is 14.0. The maximum Gasteiger partial charge on any atom is 0.0275 e. The SMILES string of the molecule is C1=CC(c2ccc(C=C(c3ccccc3)c3ccccc3)cc2)=CCC1=CC(c1ccccc1)c1ccccc1. The van der Waals surface area contributed by atoms with Crippen LogP contribution in [0.5, 0.6) is 0 Å². The fraction of sp³-hybridized carbons (Fsp3) is 0.0500. The summed E-state index contributed by atoms with van der Waals surface area (Å²) in [6.45, 7) is 0. The first-order chi connectivity index (χ1) is 19.8. The molecule has 0 radical (unpaired) electrons. The van der Waals surface area contributed by atoms with Gasteiger partial charge in [0.25, 0.3) is 0 Å². The molecule has 0 atom stereocenters. The van der Waals surface area contributed by atoms with E-state index in [1.165, 1.54) is 50.1 Å². The minimum Gasteiger partial charge on any atom is -0.0723 e. The van der Waals surface area contributed by atoms with Crippen LogP contribution in [-0.2, 0) is 0 Å². The van der Waals surface area contributed by atoms with Gasteiger partial charge in [-0.15, -0.1) is 0 Å². The van der Waals surface area contributed by atoms with E-state index in [4.69, 9.17) is 0 Å². The lowest BCUT2D eigenvalue weighted by Crippen LogP contribution is -2.00. The molecule has 0 saturated carbocycles. The average Bonchev–Trinajstić information content (AvgIpc) is 3.05. The van der Waals surface area contributed by atoms with Gasteiger partial charge in [0.15, 0.2) is 0 Å². The Labute approximate surface area is 238 Å². The van der Waals surface area contributed by atoms with Crippen LogP contribution in [0.4, 0.5) is 0 Å². The van der Waals surface area contributed by atoms with E-state index in [-0.39, 0.29) is 5.92 Å². The zero-order chi connectivity index (χ0) is 27.0. The summed E-state index contributed by atoms with van der Waals surface area (Å²) in [7, 11) is 0. The summed E-state index contributed by atoms with van der Waals surface area (Å²) in [5, 5.41) is 0. The van der Waals surface area contributed by atoms with Crippen LogP contribution in [-0.4, -0.2) is 0 Å². The highest BCUT2D eigenvalue weighted by molar-refractivity contribution is 5.91. The van der Waals surface area contributed by atoms with Crippen molar-refractivity contribution in [3.8, 4) is 0 Å². The highest BCUT2D eigenvalue weighted by Gasteiger charge is 2.13. The van der Waals surface area contributed by atoms with Crippen molar-refractivity contribution in [1.29, 1.82) is 0 Å². The van der Waals surface area contributed by atoms with Crippen molar-refractivity contribution in [3.63, 3.8) is 0 Å². The summed E-state index contributed by atoms with van der Waals surface area (Å²) in [6, 6.07) is 51.7. The van der Waals surface area contributed by atoms with Crippen LogP contribution in [0.1, 0.15) is 45.7 Å². The normalized spacial score (nSPS) is 13.7. The predicted molar refractivity (Wildman–Crippen MR) is 171 cm³/mol. The maximum absolute atomic E-state index is 2.41. The Morgan fingerprint density at radius 1 is 0.525 bits per heavy atom. The number of hydrogen-bond acceptors (Lipinski definition) is 0. The topological polar surface area (TPSA) is 0 Å². The minimum atomic E-state index is 0.242. The third kappa shape index (κ3) is 6.03. The number of hydrogen-bond donors (Lipinski definition) is 0. The summed E-state index contributed by atoms with van der Waals surface area (Å²) >= 11 is 0. The molecule has 0 fully saturated rings. The van der Waals surface area contributed by atoms with Gasteiger partial charge in [0, 0.05) is 5.92 Å². The lowest BCUT2D eigenvalue weighted by molar-refractivity contribution is 1.00. The van der Waals surface area contributed by atoms with Gasteiger partial charge in [0.1, 0.15) is 0 Å². The third-order valence-electron chi connectivity index (χ3n) is 7.46. The van der Waals surface area contributed by atoms with Crippen molar-refractivity contribution in [2.75, 3.05) is 0 Å². The molecule has 0 bridgehead atoms. The van der Waals surface area contributed by atoms with Gasteiger partial charge in [-0.05, 0) is 62.6 Å². The standard InChI is InChI=1S/C40H32/c1-5-13-35(14-6-1)39(36-15-7-2-8-16-36)29-31-21-25-33(26-22-31)34-27-23-32(24-28-34)30-40(37-17-9-3-10-18-37)38-19-11-4-12-20-38/h1-23,25-30,40H,24H2. The van der Waals surface area contributed by atoms with Crippen LogP contribution in [0.15, 0.2) is 175 Å². The lowest BCUT2D eigenvalue weighted by Gasteiger charge is -2.17. The number of rotatable bonds is 7. The Balaban J connectivity index is 1.23. The molecule has 0 nitrogen and oxygen atoms in total. The van der Waals surface area contributed by atoms with Gasteiger partial charge in [0.2, 0.25) is 0 Å². The molecule has 5 aromatic rings. The van der Waals surface area contributed by atoms with Crippen LogP contribution >= 0.6 is 0 Å². The predicted octanol–water partition coefficient (Wildman–Crippen LogP) is 10.4. The van der Waals surface area contributed by atoms with E-state index in [1.54, 1.807) is 0 Å². The Kier molecular flexibility index (Phi) is 7.78. The van der Waals surface area contributed by atoms with Crippen molar-refractivity contribution >= 4 is 17.2 Å². The fourth-order valence-corrected chi connectivity index (χ4v) is 5.33. The van der Waals surface area contributed by atoms with Gasteiger partial charge in [-0.1, -0.05) is 170 Å². The zero-order valence-corrected chi connectivity index (χ0v) is 22.5. The van der Waals surface area contributed by atoms with Crippen LogP contribution in [0, 0.1) is 0 Å². The summed E-state index contributed by atoms with van der Waals surface area (Å²) in [6.07, 6.45) is 12.5. The van der Waals surface area contributed by atoms with Crippen molar-refractivity contribution in [3.05, 3.63) is 209 Å². The van der Waals surface area contributed by atoms with Crippen molar-refractivity contribution < 1.29 is 0 Å². The molecule has 0 N–H and O–H groups in total. The molecule has 0 saturated heterocycles. The monoisotopic (exact) mass is 512 g/mol. The molecule has 0 amide bonds. The molecule has 6 rings (SSSR count). The molecule has 0 aromatic heterocycles. The van der Waals surface area contributed by atoms with Gasteiger partial charge in [0.05, 0.1) is 0 Å². The van der Waals surface area contributed by atoms with Crippen molar-refractivity contribution in [1.82, 2.24) is 0 Å². The first kappa shape index (κ1) is 25.3. The molecule has 0 heteroatoms. The molecule has 0 heterocycles. The molecule has 0 spiro atoms. The molecule has 0 unspecified atom stereocenters. The lowest BCUT2D eigenvalue weighted by atomic mass is 9.87. The summed E-state index contributed by atoms with van der Waals surface area (Å²) in [5.74, 6) is 0.242. The molecule has 5 aromatic carbocycles. The van der Waals surface area contributed by atoms with Crippen LogP contribution < -0.4 is 0 Å². The largest absolute Gasteiger partial charge is 0.0723 e. The van der Waals surface area contributed by atoms with Crippen LogP contribution in [0.25, 0.3) is 17.2 Å². The van der Waals surface area contributed by atoms with Gasteiger partial charge < -0.3 is 0 Å². The van der Waals surface area contributed by atoms with Crippen molar-refractivity contribution in [2.45, 2.75) is 12.3 Å². The average molecular weight is 513 g/mol. The maximum atomic E-state index is 2.41. The second-order valence-corrected chi connectivity index (χ2v) is 10.1. The first-order valence-electron chi connectivity index (χ1n) is 14.0. The molecule has 1 aliphatic carbocycles. The fourth-order valence-electron chi connectivity index (χ4n) is 5.33. The number of benzene rings is 5. The minimum absolute atomic E-state index is 0.242. The Hall–Kier alpha value is -4.94. The quantitative estimate of drug-likeness (QED) is 0.190. The van der Waals surface area contributed by atoms with E-state index in [1.807, 2.05) is 0 Å². The van der Waals surface area contributed by atoms with E-state index in [0.717, 1.165) is 6.42 Å². The second kappa shape index (κ2) is 12.3. The van der Waals surface area contributed by atoms with Gasteiger partial charge in [-0.2, -0.15) is 0 Å². The summed E-state index contributed by atoms with van der Waals surface area (Å²) < 4.78 is 0. The van der Waals surface area contributed by atoms with Crippen LogP contribution in [0.2, 0.25) is 0 Å². The van der Waals surface area contributed by atoms with E-state index in [2.05, 4.69) is 176 Å². The third-order valence-corrected chi connectivity index (χ3v) is 7.46. The van der Waals surface area contributed by atoms with E-state index >= 15 is 0 Å². The van der Waals surface area contributed by atoms with Gasteiger partial charge in [-0.25, -0.2) is 0 Å². The molecular formula is C40H32. The molecular weight excluding hydrogens is 480 g/mol. The molecule has 40 heavy (non-hydrogen) atoms. The zero-order valence-electron chi connectivity index (χ0n) is 22.5. The second-order valence-electron chi connectivity index (χ2n) is 10.1. The van der Waals surface area contributed by atoms with Crippen molar-refractivity contribution in [2.24, 2.45) is 0 Å². The Bertz CT molecular complexity index is 1570. The van der Waals surface area contributed by atoms with Gasteiger partial charge in [-0.3, -0.25) is 0 Å². The molecule has 0 aliphatic heterocycles. The van der Waals surface area contributed by atoms with Crippen LogP contribution in [0.3, 0.4) is 0 Å². The Morgan fingerprint density at radius 2 is 1.02 bits per heavy atom. The molecule has 192 valence electrons. The van der Waals surface area contributed by atoms with Gasteiger partial charge >= 0.3 is 0 Å². The van der Waals surface area contributed by atoms with E-state index in [9.17, 15) is 0 Å². The van der Waals surface area contributed by atoms with E-state index in [0.29, 0.717) is 0 Å². The highest BCUT2D eigenvalue weighted by Crippen LogP contribution is 2.32.